The molecule has 0 aromatic carbocycles. The van der Waals surface area contributed by atoms with Crippen LogP contribution in [-0.4, -0.2) is 6.29 Å². The molecule has 0 amide bonds. The summed E-state index contributed by atoms with van der Waals surface area (Å²) in [6, 6.07) is 0. The summed E-state index contributed by atoms with van der Waals surface area (Å²) in [5.74, 6) is 1.92. The maximum absolute atomic E-state index is 10.6. The maximum atomic E-state index is 10.6. The average Bonchev–Trinajstić information content (AvgIpc) is 2.17. The topological polar surface area (TPSA) is 17.1 Å². The van der Waals surface area contributed by atoms with E-state index in [1.807, 2.05) is 0 Å². The van der Waals surface area contributed by atoms with Crippen molar-refractivity contribution in [3.8, 4) is 0 Å². The number of aldehydes is 1. The minimum atomic E-state index is 0.294. The number of rotatable bonds is 3. The number of hydrogen-bond donors (Lipinski definition) is 0. The van der Waals surface area contributed by atoms with Crippen LogP contribution in [0, 0.1) is 17.8 Å². The average molecular weight is 168 g/mol. The minimum absolute atomic E-state index is 0.294. The number of hydrogen-bond acceptors (Lipinski definition) is 1. The molecule has 12 heavy (non-hydrogen) atoms. The smallest absolute Gasteiger partial charge is 0.123 e. The maximum Gasteiger partial charge on any atom is 0.123 e. The normalized spacial score (nSPS) is 32.8. The molecule has 1 unspecified atom stereocenters. The van der Waals surface area contributed by atoms with Crippen molar-refractivity contribution in [1.82, 2.24) is 0 Å². The lowest BCUT2D eigenvalue weighted by atomic mass is 9.76. The molecule has 0 aromatic rings. The third-order valence-corrected chi connectivity index (χ3v) is 3.43. The standard InChI is InChI=1S/C11H20O/c1-3-10-4-6-11(7-5-10)9(2)8-12/h8-11H,3-7H2,1-2H3. The highest BCUT2D eigenvalue weighted by Crippen LogP contribution is 2.33. The lowest BCUT2D eigenvalue weighted by molar-refractivity contribution is -0.112. The van der Waals surface area contributed by atoms with Crippen LogP contribution in [0.5, 0.6) is 0 Å². The first kappa shape index (κ1) is 9.76. The number of carbonyl (C=O) groups excluding carboxylic acids is 1. The highest BCUT2D eigenvalue weighted by Gasteiger charge is 2.23. The van der Waals surface area contributed by atoms with Crippen LogP contribution < -0.4 is 0 Å². The van der Waals surface area contributed by atoms with Gasteiger partial charge in [0.2, 0.25) is 0 Å². The van der Waals surface area contributed by atoms with Crippen LogP contribution in [0.3, 0.4) is 0 Å². The summed E-state index contributed by atoms with van der Waals surface area (Å²) >= 11 is 0. The summed E-state index contributed by atoms with van der Waals surface area (Å²) in [5, 5.41) is 0. The molecule has 1 rings (SSSR count). The Morgan fingerprint density at radius 1 is 1.33 bits per heavy atom. The molecule has 0 N–H and O–H groups in total. The van der Waals surface area contributed by atoms with Crippen molar-refractivity contribution in [3.05, 3.63) is 0 Å². The van der Waals surface area contributed by atoms with Crippen molar-refractivity contribution < 1.29 is 4.79 Å². The fourth-order valence-corrected chi connectivity index (χ4v) is 2.23. The Balaban J connectivity index is 2.30. The van der Waals surface area contributed by atoms with Gasteiger partial charge in [0.1, 0.15) is 6.29 Å². The molecule has 0 heterocycles. The van der Waals surface area contributed by atoms with Gasteiger partial charge in [0, 0.05) is 5.92 Å². The van der Waals surface area contributed by atoms with E-state index in [0.29, 0.717) is 11.8 Å². The second kappa shape index (κ2) is 4.64. The third-order valence-electron chi connectivity index (χ3n) is 3.43. The van der Waals surface area contributed by atoms with E-state index in [2.05, 4.69) is 13.8 Å². The first-order valence-corrected chi connectivity index (χ1v) is 5.23. The van der Waals surface area contributed by atoms with Crippen molar-refractivity contribution >= 4 is 6.29 Å². The Hall–Kier alpha value is -0.330. The van der Waals surface area contributed by atoms with Crippen LogP contribution in [0.25, 0.3) is 0 Å². The van der Waals surface area contributed by atoms with Crippen molar-refractivity contribution in [2.45, 2.75) is 46.0 Å². The van der Waals surface area contributed by atoms with Gasteiger partial charge in [-0.3, -0.25) is 0 Å². The van der Waals surface area contributed by atoms with E-state index in [4.69, 9.17) is 0 Å². The molecule has 0 bridgehead atoms. The van der Waals surface area contributed by atoms with Gasteiger partial charge in [-0.2, -0.15) is 0 Å². The van der Waals surface area contributed by atoms with E-state index >= 15 is 0 Å². The fraction of sp³-hybridized carbons (Fsp3) is 0.909. The largest absolute Gasteiger partial charge is 0.303 e. The first-order chi connectivity index (χ1) is 5.77. The van der Waals surface area contributed by atoms with Gasteiger partial charge < -0.3 is 4.79 Å². The summed E-state index contributed by atoms with van der Waals surface area (Å²) in [6.07, 6.45) is 7.69. The quantitative estimate of drug-likeness (QED) is 0.592. The zero-order chi connectivity index (χ0) is 8.97. The van der Waals surface area contributed by atoms with Gasteiger partial charge >= 0.3 is 0 Å². The Labute approximate surface area is 75.5 Å². The van der Waals surface area contributed by atoms with Crippen LogP contribution in [0.2, 0.25) is 0 Å². The van der Waals surface area contributed by atoms with E-state index in [1.165, 1.54) is 32.1 Å². The monoisotopic (exact) mass is 168 g/mol. The SMILES string of the molecule is CCC1CCC(C(C)C=O)CC1. The van der Waals surface area contributed by atoms with Gasteiger partial charge in [-0.1, -0.05) is 33.1 Å². The van der Waals surface area contributed by atoms with E-state index in [0.717, 1.165) is 12.2 Å². The van der Waals surface area contributed by atoms with Crippen molar-refractivity contribution in [3.63, 3.8) is 0 Å². The Morgan fingerprint density at radius 3 is 2.33 bits per heavy atom. The molecule has 0 spiro atoms. The minimum Gasteiger partial charge on any atom is -0.303 e. The predicted molar refractivity (Wildman–Crippen MR) is 51.0 cm³/mol. The van der Waals surface area contributed by atoms with E-state index in [-0.39, 0.29) is 0 Å². The lowest BCUT2D eigenvalue weighted by Crippen LogP contribution is -2.20. The van der Waals surface area contributed by atoms with Gasteiger partial charge in [-0.25, -0.2) is 0 Å². The van der Waals surface area contributed by atoms with Crippen LogP contribution in [0.1, 0.15) is 46.0 Å². The zero-order valence-corrected chi connectivity index (χ0v) is 8.25. The molecule has 0 aliphatic heterocycles. The highest BCUT2D eigenvalue weighted by molar-refractivity contribution is 5.53. The van der Waals surface area contributed by atoms with E-state index in [9.17, 15) is 4.79 Å². The highest BCUT2D eigenvalue weighted by atomic mass is 16.1. The Kier molecular flexibility index (Phi) is 3.77. The molecule has 0 aromatic heterocycles. The summed E-state index contributed by atoms with van der Waals surface area (Å²) in [5.41, 5.74) is 0. The summed E-state index contributed by atoms with van der Waals surface area (Å²) in [7, 11) is 0. The van der Waals surface area contributed by atoms with Crippen LogP contribution in [-0.2, 0) is 4.79 Å². The molecular formula is C11H20O. The van der Waals surface area contributed by atoms with E-state index in [1.54, 1.807) is 0 Å². The molecule has 1 fully saturated rings. The van der Waals surface area contributed by atoms with Gasteiger partial charge in [0.15, 0.2) is 0 Å². The van der Waals surface area contributed by atoms with Crippen molar-refractivity contribution in [2.75, 3.05) is 0 Å². The van der Waals surface area contributed by atoms with Gasteiger partial charge in [-0.15, -0.1) is 0 Å². The van der Waals surface area contributed by atoms with Crippen molar-refractivity contribution in [1.29, 1.82) is 0 Å². The van der Waals surface area contributed by atoms with Crippen LogP contribution in [0.4, 0.5) is 0 Å². The second-order valence-electron chi connectivity index (χ2n) is 4.18. The third kappa shape index (κ3) is 2.33. The molecule has 1 aliphatic carbocycles. The van der Waals surface area contributed by atoms with Crippen LogP contribution in [0.15, 0.2) is 0 Å². The fourth-order valence-electron chi connectivity index (χ4n) is 2.23. The first-order valence-electron chi connectivity index (χ1n) is 5.23. The number of carbonyl (C=O) groups is 1. The van der Waals surface area contributed by atoms with Crippen LogP contribution >= 0.6 is 0 Å². The molecule has 0 saturated heterocycles. The van der Waals surface area contributed by atoms with E-state index < -0.39 is 0 Å². The van der Waals surface area contributed by atoms with Gasteiger partial charge in [0.05, 0.1) is 0 Å². The molecule has 70 valence electrons. The molecule has 1 nitrogen and oxygen atoms in total. The lowest BCUT2D eigenvalue weighted by Gasteiger charge is -2.29. The zero-order valence-electron chi connectivity index (χ0n) is 8.25. The Bertz CT molecular complexity index is 134. The predicted octanol–water partition coefficient (Wildman–Crippen LogP) is 3.04. The Morgan fingerprint density at radius 2 is 1.92 bits per heavy atom. The van der Waals surface area contributed by atoms with Gasteiger partial charge in [0.25, 0.3) is 0 Å². The summed E-state index contributed by atoms with van der Waals surface area (Å²) in [6.45, 7) is 4.33. The van der Waals surface area contributed by atoms with Crippen molar-refractivity contribution in [2.24, 2.45) is 17.8 Å². The summed E-state index contributed by atoms with van der Waals surface area (Å²) in [4.78, 5) is 10.6. The molecule has 1 atom stereocenters. The second-order valence-corrected chi connectivity index (χ2v) is 4.18. The molecule has 0 radical (unpaired) electrons. The molecular weight excluding hydrogens is 148 g/mol. The molecule has 1 aliphatic rings. The molecule has 1 heteroatoms. The van der Waals surface area contributed by atoms with Gasteiger partial charge in [-0.05, 0) is 24.7 Å². The summed E-state index contributed by atoms with van der Waals surface area (Å²) < 4.78 is 0. The molecule has 1 saturated carbocycles.